The standard InChI is InChI=1S/C11H13NO3S/c1-7(2)16(14,15)9-4-3-8-5-11(13)12-10(8)6-9/h3-4,6-7H,5H2,1-2H3,(H,12,13). The maximum atomic E-state index is 11.9. The molecule has 86 valence electrons. The summed E-state index contributed by atoms with van der Waals surface area (Å²) in [5, 5.41) is 2.19. The first kappa shape index (κ1) is 11.1. The Hall–Kier alpha value is -1.36. The van der Waals surface area contributed by atoms with Crippen LogP contribution in [-0.4, -0.2) is 19.6 Å². The van der Waals surface area contributed by atoms with Gasteiger partial charge in [-0.1, -0.05) is 6.07 Å². The minimum atomic E-state index is -3.27. The maximum absolute atomic E-state index is 11.9. The molecule has 1 aromatic carbocycles. The number of sulfone groups is 1. The minimum Gasteiger partial charge on any atom is -0.325 e. The fourth-order valence-electron chi connectivity index (χ4n) is 1.64. The Kier molecular flexibility index (Phi) is 2.50. The predicted octanol–water partition coefficient (Wildman–Crippen LogP) is 1.36. The third-order valence-corrected chi connectivity index (χ3v) is 4.81. The summed E-state index contributed by atoms with van der Waals surface area (Å²) in [5.41, 5.74) is 1.47. The Morgan fingerprint density at radius 1 is 1.31 bits per heavy atom. The second-order valence-electron chi connectivity index (χ2n) is 4.14. The number of carbonyl (C=O) groups excluding carboxylic acids is 1. The summed E-state index contributed by atoms with van der Waals surface area (Å²) < 4.78 is 23.8. The van der Waals surface area contributed by atoms with E-state index < -0.39 is 15.1 Å². The molecule has 0 radical (unpaired) electrons. The Bertz CT molecular complexity index is 546. The Morgan fingerprint density at radius 3 is 2.62 bits per heavy atom. The average Bonchev–Trinajstić information content (AvgIpc) is 2.56. The van der Waals surface area contributed by atoms with Crippen molar-refractivity contribution in [3.05, 3.63) is 23.8 Å². The first-order valence-corrected chi connectivity index (χ1v) is 6.62. The summed E-state index contributed by atoms with van der Waals surface area (Å²) in [4.78, 5) is 11.4. The Morgan fingerprint density at radius 2 is 2.00 bits per heavy atom. The molecule has 1 aliphatic heterocycles. The molecule has 1 heterocycles. The van der Waals surface area contributed by atoms with Gasteiger partial charge in [-0.25, -0.2) is 8.42 Å². The average molecular weight is 239 g/mol. The van der Waals surface area contributed by atoms with Gasteiger partial charge in [-0.3, -0.25) is 4.79 Å². The van der Waals surface area contributed by atoms with Crippen molar-refractivity contribution < 1.29 is 13.2 Å². The zero-order valence-corrected chi connectivity index (χ0v) is 9.97. The van der Waals surface area contributed by atoms with E-state index in [0.29, 0.717) is 12.1 Å². The molecule has 1 aliphatic rings. The van der Waals surface area contributed by atoms with Crippen LogP contribution in [0.3, 0.4) is 0 Å². The molecule has 1 aromatic rings. The quantitative estimate of drug-likeness (QED) is 0.847. The van der Waals surface area contributed by atoms with Crippen LogP contribution >= 0.6 is 0 Å². The minimum absolute atomic E-state index is 0.0888. The number of hydrogen-bond donors (Lipinski definition) is 1. The van der Waals surface area contributed by atoms with Crippen molar-refractivity contribution in [2.75, 3.05) is 5.32 Å². The van der Waals surface area contributed by atoms with E-state index in [0.717, 1.165) is 5.56 Å². The predicted molar refractivity (Wildman–Crippen MR) is 61.1 cm³/mol. The monoisotopic (exact) mass is 239 g/mol. The summed E-state index contributed by atoms with van der Waals surface area (Å²) in [6.45, 7) is 3.28. The molecule has 0 fully saturated rings. The highest BCUT2D eigenvalue weighted by molar-refractivity contribution is 7.92. The molecule has 0 aromatic heterocycles. The van der Waals surface area contributed by atoms with Gasteiger partial charge < -0.3 is 5.32 Å². The maximum Gasteiger partial charge on any atom is 0.228 e. The molecular weight excluding hydrogens is 226 g/mol. The van der Waals surface area contributed by atoms with Crippen molar-refractivity contribution in [1.29, 1.82) is 0 Å². The zero-order chi connectivity index (χ0) is 11.9. The van der Waals surface area contributed by atoms with Crippen LogP contribution in [0.15, 0.2) is 23.1 Å². The van der Waals surface area contributed by atoms with Crippen LogP contribution in [0.5, 0.6) is 0 Å². The molecule has 5 heteroatoms. The smallest absolute Gasteiger partial charge is 0.228 e. The summed E-state index contributed by atoms with van der Waals surface area (Å²) in [7, 11) is -3.27. The van der Waals surface area contributed by atoms with Gasteiger partial charge in [0.2, 0.25) is 5.91 Å². The van der Waals surface area contributed by atoms with E-state index in [9.17, 15) is 13.2 Å². The summed E-state index contributed by atoms with van der Waals surface area (Å²) in [5.74, 6) is -0.0888. The lowest BCUT2D eigenvalue weighted by molar-refractivity contribution is -0.115. The number of benzene rings is 1. The van der Waals surface area contributed by atoms with E-state index in [1.165, 1.54) is 6.07 Å². The van der Waals surface area contributed by atoms with Crippen LogP contribution in [-0.2, 0) is 21.1 Å². The van der Waals surface area contributed by atoms with E-state index >= 15 is 0 Å². The second-order valence-corrected chi connectivity index (χ2v) is 6.64. The van der Waals surface area contributed by atoms with Crippen molar-refractivity contribution in [3.8, 4) is 0 Å². The fraction of sp³-hybridized carbons (Fsp3) is 0.364. The molecule has 1 amide bonds. The van der Waals surface area contributed by atoms with Gasteiger partial charge in [-0.15, -0.1) is 0 Å². The van der Waals surface area contributed by atoms with E-state index in [4.69, 9.17) is 0 Å². The summed E-state index contributed by atoms with van der Waals surface area (Å²) >= 11 is 0. The molecule has 0 bridgehead atoms. The van der Waals surface area contributed by atoms with E-state index in [1.807, 2.05) is 0 Å². The normalized spacial score (nSPS) is 15.1. The van der Waals surface area contributed by atoms with Gasteiger partial charge in [0.05, 0.1) is 16.6 Å². The first-order valence-electron chi connectivity index (χ1n) is 5.08. The van der Waals surface area contributed by atoms with Crippen LogP contribution in [0.25, 0.3) is 0 Å². The molecule has 2 rings (SSSR count). The Labute approximate surface area is 94.6 Å². The highest BCUT2D eigenvalue weighted by Gasteiger charge is 2.23. The van der Waals surface area contributed by atoms with Gasteiger partial charge in [-0.05, 0) is 31.5 Å². The van der Waals surface area contributed by atoms with E-state index in [1.54, 1.807) is 26.0 Å². The lowest BCUT2D eigenvalue weighted by atomic mass is 10.2. The zero-order valence-electron chi connectivity index (χ0n) is 9.15. The number of carbonyl (C=O) groups is 1. The molecular formula is C11H13NO3S. The number of nitrogens with one attached hydrogen (secondary N) is 1. The fourth-order valence-corrected chi connectivity index (χ4v) is 2.73. The van der Waals surface area contributed by atoms with Crippen LogP contribution in [0, 0.1) is 0 Å². The summed E-state index contributed by atoms with van der Waals surface area (Å²) in [6, 6.07) is 4.80. The molecule has 16 heavy (non-hydrogen) atoms. The number of fused-ring (bicyclic) bond motifs is 1. The van der Waals surface area contributed by atoms with Crippen LogP contribution < -0.4 is 5.32 Å². The van der Waals surface area contributed by atoms with E-state index in [-0.39, 0.29) is 10.8 Å². The van der Waals surface area contributed by atoms with Gasteiger partial charge in [-0.2, -0.15) is 0 Å². The van der Waals surface area contributed by atoms with Crippen LogP contribution in [0.4, 0.5) is 5.69 Å². The third-order valence-electron chi connectivity index (χ3n) is 2.66. The van der Waals surface area contributed by atoms with Crippen molar-refractivity contribution in [1.82, 2.24) is 0 Å². The van der Waals surface area contributed by atoms with Crippen molar-refractivity contribution in [2.24, 2.45) is 0 Å². The van der Waals surface area contributed by atoms with Gasteiger partial charge in [0.1, 0.15) is 0 Å². The lowest BCUT2D eigenvalue weighted by Gasteiger charge is -2.09. The molecule has 0 atom stereocenters. The number of rotatable bonds is 2. The molecule has 0 saturated heterocycles. The van der Waals surface area contributed by atoms with Crippen molar-refractivity contribution >= 4 is 21.4 Å². The lowest BCUT2D eigenvalue weighted by Crippen LogP contribution is -2.14. The van der Waals surface area contributed by atoms with Crippen molar-refractivity contribution in [3.63, 3.8) is 0 Å². The summed E-state index contributed by atoms with van der Waals surface area (Å²) in [6.07, 6.45) is 0.331. The molecule has 1 N–H and O–H groups in total. The molecule has 0 unspecified atom stereocenters. The van der Waals surface area contributed by atoms with Gasteiger partial charge >= 0.3 is 0 Å². The molecule has 0 aliphatic carbocycles. The SMILES string of the molecule is CC(C)S(=O)(=O)c1ccc2c(c1)NC(=O)C2. The Balaban J connectivity index is 2.48. The molecule has 0 saturated carbocycles. The van der Waals surface area contributed by atoms with Gasteiger partial charge in [0, 0.05) is 5.69 Å². The topological polar surface area (TPSA) is 63.2 Å². The highest BCUT2D eigenvalue weighted by atomic mass is 32.2. The largest absolute Gasteiger partial charge is 0.325 e. The van der Waals surface area contributed by atoms with Gasteiger partial charge in [0.25, 0.3) is 0 Å². The number of hydrogen-bond acceptors (Lipinski definition) is 3. The molecule has 0 spiro atoms. The molecule has 4 nitrogen and oxygen atoms in total. The third kappa shape index (κ3) is 1.71. The van der Waals surface area contributed by atoms with Gasteiger partial charge in [0.15, 0.2) is 9.84 Å². The van der Waals surface area contributed by atoms with Crippen molar-refractivity contribution in [2.45, 2.75) is 30.4 Å². The van der Waals surface area contributed by atoms with Crippen LogP contribution in [0.2, 0.25) is 0 Å². The van der Waals surface area contributed by atoms with E-state index in [2.05, 4.69) is 5.32 Å². The van der Waals surface area contributed by atoms with Crippen LogP contribution in [0.1, 0.15) is 19.4 Å². The first-order chi connectivity index (χ1) is 7.41. The number of anilines is 1. The number of amides is 1. The highest BCUT2D eigenvalue weighted by Crippen LogP contribution is 2.27. The second kappa shape index (κ2) is 3.59.